The Kier molecular flexibility index (Phi) is 10.8. The van der Waals surface area contributed by atoms with E-state index < -0.39 is 11.0 Å². The molecule has 0 aromatic carbocycles. The zero-order valence-electron chi connectivity index (χ0n) is 10.5. The molecule has 1 atom stereocenters. The number of nitrogens with zero attached hydrogens (tertiary/aromatic N) is 1. The molecule has 0 aliphatic heterocycles. The molecule has 1 aliphatic carbocycles. The van der Waals surface area contributed by atoms with Gasteiger partial charge >= 0.3 is 0 Å². The van der Waals surface area contributed by atoms with Crippen LogP contribution in [-0.2, 0) is 4.79 Å². The first-order valence-electron chi connectivity index (χ1n) is 6.38. The van der Waals surface area contributed by atoms with E-state index in [1.165, 1.54) is 12.8 Å². The Hall–Kier alpha value is 0.551. The topological polar surface area (TPSA) is 60.2 Å². The van der Waals surface area contributed by atoms with Gasteiger partial charge in [-0.15, -0.1) is 0 Å². The van der Waals surface area contributed by atoms with Crippen LogP contribution in [-0.4, -0.2) is 62.2 Å². The van der Waals surface area contributed by atoms with E-state index >= 15 is 0 Å². The third kappa shape index (κ3) is 7.54. The molecule has 0 amide bonds. The van der Waals surface area contributed by atoms with E-state index in [1.54, 1.807) is 0 Å². The molecule has 1 aliphatic rings. The second-order valence-electron chi connectivity index (χ2n) is 4.63. The second kappa shape index (κ2) is 10.5. The zero-order valence-corrected chi connectivity index (χ0v) is 14.0. The Morgan fingerprint density at radius 1 is 0.941 bits per heavy atom. The summed E-state index contributed by atoms with van der Waals surface area (Å²) in [6.45, 7) is 0. The Balaban J connectivity index is 0.00000256. The summed E-state index contributed by atoms with van der Waals surface area (Å²) in [7, 11) is 0. The molecule has 4 nitrogen and oxygen atoms in total. The van der Waals surface area contributed by atoms with Gasteiger partial charge in [0.15, 0.2) is 0 Å². The fourth-order valence-corrected chi connectivity index (χ4v) is 2.25. The van der Waals surface area contributed by atoms with Crippen LogP contribution >= 0.6 is 0 Å². The molecular formula is C12H21NO3Sr. The van der Waals surface area contributed by atoms with Gasteiger partial charge < -0.3 is 0 Å². The summed E-state index contributed by atoms with van der Waals surface area (Å²) < 4.78 is 0. The number of hydrogen-bond donors (Lipinski definition) is 0. The molecule has 1 unspecified atom stereocenters. The van der Waals surface area contributed by atoms with Gasteiger partial charge in [0.1, 0.15) is 0 Å². The first-order chi connectivity index (χ1) is 7.72. The van der Waals surface area contributed by atoms with Gasteiger partial charge in [0.25, 0.3) is 6.04 Å². The van der Waals surface area contributed by atoms with Crippen LogP contribution in [0, 0.1) is 10.1 Å². The maximum absolute atomic E-state index is 11.6. The Labute approximate surface area is 140 Å². The van der Waals surface area contributed by atoms with Gasteiger partial charge in [0.2, 0.25) is 5.78 Å². The van der Waals surface area contributed by atoms with Crippen molar-refractivity contribution in [2.24, 2.45) is 0 Å². The average molecular weight is 315 g/mol. The third-order valence-electron chi connectivity index (χ3n) is 3.28. The van der Waals surface area contributed by atoms with Crippen LogP contribution in [0.25, 0.3) is 0 Å². The van der Waals surface area contributed by atoms with Crippen LogP contribution in [0.4, 0.5) is 0 Å². The normalized spacial score (nSPS) is 24.0. The Bertz CT molecular complexity index is 246. The van der Waals surface area contributed by atoms with Gasteiger partial charge in [-0.2, -0.15) is 0 Å². The van der Waals surface area contributed by atoms with E-state index in [-0.39, 0.29) is 51.3 Å². The summed E-state index contributed by atoms with van der Waals surface area (Å²) in [6, 6.07) is -0.931. The molecule has 0 aromatic rings. The predicted molar refractivity (Wildman–Crippen MR) is 67.7 cm³/mol. The van der Waals surface area contributed by atoms with Crippen LogP contribution in [0.2, 0.25) is 0 Å². The number of nitro groups is 1. The van der Waals surface area contributed by atoms with Crippen LogP contribution in [0.15, 0.2) is 0 Å². The first kappa shape index (κ1) is 17.6. The van der Waals surface area contributed by atoms with Gasteiger partial charge in [-0.05, 0) is 12.8 Å². The predicted octanol–water partition coefficient (Wildman–Crippen LogP) is 2.73. The molecule has 0 aromatic heterocycles. The average Bonchev–Trinajstić information content (AvgIpc) is 2.22. The van der Waals surface area contributed by atoms with Crippen molar-refractivity contribution in [1.82, 2.24) is 0 Å². The quantitative estimate of drug-likeness (QED) is 0.425. The van der Waals surface area contributed by atoms with Crippen molar-refractivity contribution < 1.29 is 9.72 Å². The van der Waals surface area contributed by atoms with Crippen molar-refractivity contribution in [3.8, 4) is 0 Å². The van der Waals surface area contributed by atoms with Crippen LogP contribution in [0.3, 0.4) is 0 Å². The minimum atomic E-state index is -0.931. The molecule has 0 spiro atoms. The molecule has 0 N–H and O–H groups in total. The van der Waals surface area contributed by atoms with Crippen molar-refractivity contribution in [3.63, 3.8) is 0 Å². The summed E-state index contributed by atoms with van der Waals surface area (Å²) in [5.74, 6) is -0.162. The molecule has 0 heterocycles. The number of Topliss-reactive ketones (excluding diaryl/α,β-unsaturated/α-hetero) is 1. The summed E-state index contributed by atoms with van der Waals surface area (Å²) in [6.07, 6.45) is 9.32. The smallest absolute Gasteiger partial charge is 0.270 e. The first-order valence-corrected chi connectivity index (χ1v) is 6.38. The van der Waals surface area contributed by atoms with Crippen LogP contribution in [0.5, 0.6) is 0 Å². The molecule has 1 saturated carbocycles. The van der Waals surface area contributed by atoms with Gasteiger partial charge in [-0.25, -0.2) is 0 Å². The molecule has 1 rings (SSSR count). The van der Waals surface area contributed by atoms with Crippen molar-refractivity contribution in [3.05, 3.63) is 10.1 Å². The molecule has 94 valence electrons. The van der Waals surface area contributed by atoms with E-state index in [0.29, 0.717) is 12.8 Å². The number of carbonyl (C=O) groups excluding carboxylic acids is 1. The number of carbonyl (C=O) groups is 1. The molecule has 2 radical (unpaired) electrons. The van der Waals surface area contributed by atoms with Crippen molar-refractivity contribution >= 4 is 51.3 Å². The zero-order chi connectivity index (χ0) is 11.8. The summed E-state index contributed by atoms with van der Waals surface area (Å²) in [5, 5.41) is 10.8. The summed E-state index contributed by atoms with van der Waals surface area (Å²) in [5.41, 5.74) is 0. The van der Waals surface area contributed by atoms with E-state index in [1.807, 2.05) is 0 Å². The molecule has 5 heteroatoms. The van der Waals surface area contributed by atoms with Gasteiger partial charge in [0, 0.05) is 63.2 Å². The van der Waals surface area contributed by atoms with Gasteiger partial charge in [-0.3, -0.25) is 14.9 Å². The number of ketones is 1. The SMILES string of the molecule is O=C1CCCCCCCCCCC1[N+](=O)[O-].[Sr]. The molecule has 0 saturated heterocycles. The van der Waals surface area contributed by atoms with E-state index in [2.05, 4.69) is 0 Å². The summed E-state index contributed by atoms with van der Waals surface area (Å²) in [4.78, 5) is 22.0. The van der Waals surface area contributed by atoms with Gasteiger partial charge in [0.05, 0.1) is 0 Å². The minimum absolute atomic E-state index is 0. The van der Waals surface area contributed by atoms with E-state index in [4.69, 9.17) is 0 Å². The third-order valence-corrected chi connectivity index (χ3v) is 3.28. The van der Waals surface area contributed by atoms with Crippen molar-refractivity contribution in [2.75, 3.05) is 0 Å². The molecule has 0 bridgehead atoms. The maximum Gasteiger partial charge on any atom is 0.270 e. The van der Waals surface area contributed by atoms with Crippen LogP contribution < -0.4 is 0 Å². The Morgan fingerprint density at radius 3 is 1.94 bits per heavy atom. The second-order valence-corrected chi connectivity index (χ2v) is 4.63. The van der Waals surface area contributed by atoms with E-state index in [0.717, 1.165) is 38.5 Å². The van der Waals surface area contributed by atoms with Crippen molar-refractivity contribution in [1.29, 1.82) is 0 Å². The number of rotatable bonds is 1. The number of hydrogen-bond acceptors (Lipinski definition) is 3. The van der Waals surface area contributed by atoms with Crippen molar-refractivity contribution in [2.45, 2.75) is 70.3 Å². The van der Waals surface area contributed by atoms with Crippen LogP contribution in [0.1, 0.15) is 64.2 Å². The molecular weight excluding hydrogens is 294 g/mol. The summed E-state index contributed by atoms with van der Waals surface area (Å²) >= 11 is 0. The fourth-order valence-electron chi connectivity index (χ4n) is 2.25. The van der Waals surface area contributed by atoms with E-state index in [9.17, 15) is 14.9 Å². The largest absolute Gasteiger partial charge is 0.292 e. The fraction of sp³-hybridized carbons (Fsp3) is 0.917. The standard InChI is InChI=1S/C12H21NO3.Sr/c14-12-10-8-6-4-2-1-3-5-7-9-11(12)13(15)16;/h11H,1-10H2;. The monoisotopic (exact) mass is 315 g/mol. The maximum atomic E-state index is 11.6. The minimum Gasteiger partial charge on any atom is -0.292 e. The molecule has 17 heavy (non-hydrogen) atoms. The Morgan fingerprint density at radius 2 is 1.41 bits per heavy atom. The molecule has 1 fully saturated rings. The van der Waals surface area contributed by atoms with Gasteiger partial charge in [-0.1, -0.05) is 38.5 Å².